The van der Waals surface area contributed by atoms with Crippen LogP contribution < -0.4 is 0 Å². The van der Waals surface area contributed by atoms with Crippen molar-refractivity contribution < 1.29 is 0 Å². The Labute approximate surface area is 263 Å². The summed E-state index contributed by atoms with van der Waals surface area (Å²) in [6.07, 6.45) is 8.53. The van der Waals surface area contributed by atoms with E-state index >= 15 is 0 Å². The van der Waals surface area contributed by atoms with Gasteiger partial charge in [0, 0.05) is 40.9 Å². The Hall–Kier alpha value is -4.90. The number of aromatic nitrogens is 2. The van der Waals surface area contributed by atoms with Crippen LogP contribution in [-0.2, 0) is 6.42 Å². The zero-order valence-corrected chi connectivity index (χ0v) is 25.5. The molecule has 0 spiro atoms. The summed E-state index contributed by atoms with van der Waals surface area (Å²) >= 11 is 3.78. The summed E-state index contributed by atoms with van der Waals surface area (Å²) in [6, 6.07) is 41.7. The maximum atomic E-state index is 4.72. The standard InChI is InChI=1S/C40H26N2S2/c1-3-19-37-31(13-1)33-17-7-15-29(39(33)43-37)25-9-5-11-27(21-25)35-23-36(42-24-41-35)28-12-6-10-26(22-28)30-16-8-18-34-32-14-2-4-20-38(32)44-40(30)34/h1,3-13,15-24H,2,14H2. The molecule has 0 aliphatic heterocycles. The van der Waals surface area contributed by atoms with Crippen molar-refractivity contribution in [2.75, 3.05) is 0 Å². The highest BCUT2D eigenvalue weighted by Gasteiger charge is 2.16. The number of hydrogen-bond donors (Lipinski definition) is 0. The monoisotopic (exact) mass is 598 g/mol. The maximum Gasteiger partial charge on any atom is 0.116 e. The third-order valence-electron chi connectivity index (χ3n) is 8.69. The molecule has 0 atom stereocenters. The first kappa shape index (κ1) is 25.6. The van der Waals surface area contributed by atoms with Gasteiger partial charge in [0.15, 0.2) is 0 Å². The first-order valence-electron chi connectivity index (χ1n) is 14.9. The molecule has 1 aliphatic rings. The molecule has 3 aromatic heterocycles. The second-order valence-corrected chi connectivity index (χ2v) is 13.4. The third-order valence-corrected chi connectivity index (χ3v) is 11.2. The van der Waals surface area contributed by atoms with E-state index in [9.17, 15) is 0 Å². The van der Waals surface area contributed by atoms with Crippen molar-refractivity contribution in [3.63, 3.8) is 0 Å². The molecular weight excluding hydrogens is 573 g/mol. The first-order chi connectivity index (χ1) is 21.8. The zero-order chi connectivity index (χ0) is 29.0. The van der Waals surface area contributed by atoms with Gasteiger partial charge in [-0.05, 0) is 76.4 Å². The third kappa shape index (κ3) is 4.22. The normalized spacial score (nSPS) is 12.7. The van der Waals surface area contributed by atoms with E-state index in [0.717, 1.165) is 35.4 Å². The molecule has 5 aromatic carbocycles. The average Bonchev–Trinajstić information content (AvgIpc) is 3.67. The van der Waals surface area contributed by atoms with Crippen LogP contribution in [0.5, 0.6) is 0 Å². The summed E-state index contributed by atoms with van der Waals surface area (Å²) < 4.78 is 4.01. The van der Waals surface area contributed by atoms with Gasteiger partial charge in [-0.2, -0.15) is 0 Å². The van der Waals surface area contributed by atoms with E-state index in [0.29, 0.717) is 0 Å². The van der Waals surface area contributed by atoms with Gasteiger partial charge in [0.1, 0.15) is 6.33 Å². The Morgan fingerprint density at radius 3 is 1.89 bits per heavy atom. The van der Waals surface area contributed by atoms with Gasteiger partial charge in [-0.25, -0.2) is 9.97 Å². The largest absolute Gasteiger partial charge is 0.236 e. The molecule has 0 saturated carbocycles. The van der Waals surface area contributed by atoms with Crippen molar-refractivity contribution in [2.45, 2.75) is 12.8 Å². The predicted octanol–water partition coefficient (Wildman–Crippen LogP) is 11.7. The molecule has 4 heteroatoms. The molecule has 0 unspecified atom stereocenters. The summed E-state index contributed by atoms with van der Waals surface area (Å²) in [4.78, 5) is 10.8. The fraction of sp³-hybridized carbons (Fsp3) is 0.0500. The van der Waals surface area contributed by atoms with Gasteiger partial charge < -0.3 is 0 Å². The van der Waals surface area contributed by atoms with Gasteiger partial charge in [-0.3, -0.25) is 0 Å². The van der Waals surface area contributed by atoms with Crippen LogP contribution in [0.3, 0.4) is 0 Å². The smallest absolute Gasteiger partial charge is 0.116 e. The molecule has 3 heterocycles. The first-order valence-corrected chi connectivity index (χ1v) is 16.6. The highest BCUT2D eigenvalue weighted by molar-refractivity contribution is 7.26. The Morgan fingerprint density at radius 2 is 1.14 bits per heavy atom. The van der Waals surface area contributed by atoms with Crippen LogP contribution in [0.4, 0.5) is 0 Å². The molecule has 9 rings (SSSR count). The van der Waals surface area contributed by atoms with Crippen molar-refractivity contribution in [3.05, 3.63) is 138 Å². The van der Waals surface area contributed by atoms with Crippen LogP contribution in [0.25, 0.3) is 81.1 Å². The summed E-state index contributed by atoms with van der Waals surface area (Å²) in [6.45, 7) is 0. The van der Waals surface area contributed by atoms with Gasteiger partial charge in [0.05, 0.1) is 11.4 Å². The summed E-state index contributed by atoms with van der Waals surface area (Å²) in [5.41, 5.74) is 10.5. The molecule has 1 aliphatic carbocycles. The van der Waals surface area contributed by atoms with E-state index in [2.05, 4.69) is 127 Å². The van der Waals surface area contributed by atoms with Crippen LogP contribution in [-0.4, -0.2) is 9.97 Å². The van der Waals surface area contributed by atoms with Crippen LogP contribution in [0.15, 0.2) is 128 Å². The Balaban J connectivity index is 1.10. The molecule has 0 N–H and O–H groups in total. The van der Waals surface area contributed by atoms with Crippen LogP contribution in [0.1, 0.15) is 16.9 Å². The number of aryl methyl sites for hydroxylation is 1. The molecule has 0 fully saturated rings. The van der Waals surface area contributed by atoms with Gasteiger partial charge >= 0.3 is 0 Å². The number of allylic oxidation sites excluding steroid dienone is 1. The molecular formula is C40H26N2S2. The number of nitrogens with zero attached hydrogens (tertiary/aromatic N) is 2. The van der Waals surface area contributed by atoms with Crippen molar-refractivity contribution in [3.8, 4) is 44.8 Å². The predicted molar refractivity (Wildman–Crippen MR) is 189 cm³/mol. The minimum Gasteiger partial charge on any atom is -0.236 e. The summed E-state index contributed by atoms with van der Waals surface area (Å²) in [7, 11) is 0. The average molecular weight is 599 g/mol. The van der Waals surface area contributed by atoms with Gasteiger partial charge in [-0.15, -0.1) is 22.7 Å². The number of hydrogen-bond acceptors (Lipinski definition) is 4. The highest BCUT2D eigenvalue weighted by Crippen LogP contribution is 2.42. The van der Waals surface area contributed by atoms with Gasteiger partial charge in [-0.1, -0.05) is 97.1 Å². The molecule has 208 valence electrons. The van der Waals surface area contributed by atoms with E-state index in [-0.39, 0.29) is 0 Å². The lowest BCUT2D eigenvalue weighted by Crippen LogP contribution is -1.91. The maximum absolute atomic E-state index is 4.72. The second-order valence-electron chi connectivity index (χ2n) is 11.3. The van der Waals surface area contributed by atoms with Gasteiger partial charge in [0.2, 0.25) is 0 Å². The number of fused-ring (bicyclic) bond motifs is 6. The molecule has 2 nitrogen and oxygen atoms in total. The SMILES string of the molecule is C1=Cc2sc3c(-c4cccc(-c5cc(-c6cccc(-c7cccc8c7sc7ccccc78)c6)ncn5)c4)cccc3c2CC1. The molecule has 0 bridgehead atoms. The molecule has 8 aromatic rings. The Bertz CT molecular complexity index is 2410. The topological polar surface area (TPSA) is 25.8 Å². The molecule has 0 radical (unpaired) electrons. The van der Waals surface area contributed by atoms with Crippen molar-refractivity contribution in [2.24, 2.45) is 0 Å². The minimum absolute atomic E-state index is 0.922. The van der Waals surface area contributed by atoms with E-state index in [1.54, 1.807) is 6.33 Å². The fourth-order valence-corrected chi connectivity index (χ4v) is 9.12. The van der Waals surface area contributed by atoms with Crippen molar-refractivity contribution >= 4 is 59.0 Å². The summed E-state index contributed by atoms with van der Waals surface area (Å²) in [5.74, 6) is 0. The zero-order valence-electron chi connectivity index (χ0n) is 23.8. The van der Waals surface area contributed by atoms with Crippen LogP contribution in [0.2, 0.25) is 0 Å². The number of thiophene rings is 2. The fourth-order valence-electron chi connectivity index (χ4n) is 6.57. The van der Waals surface area contributed by atoms with Crippen LogP contribution >= 0.6 is 22.7 Å². The highest BCUT2D eigenvalue weighted by atomic mass is 32.1. The lowest BCUT2D eigenvalue weighted by molar-refractivity contribution is 1.01. The lowest BCUT2D eigenvalue weighted by Gasteiger charge is -2.10. The second kappa shape index (κ2) is 10.4. The van der Waals surface area contributed by atoms with Crippen molar-refractivity contribution in [1.29, 1.82) is 0 Å². The number of benzene rings is 5. The van der Waals surface area contributed by atoms with E-state index in [4.69, 9.17) is 9.97 Å². The number of rotatable bonds is 4. The van der Waals surface area contributed by atoms with Crippen molar-refractivity contribution in [1.82, 2.24) is 9.97 Å². The summed E-state index contributed by atoms with van der Waals surface area (Å²) in [5, 5.41) is 4.03. The minimum atomic E-state index is 0.922. The van der Waals surface area contributed by atoms with E-state index < -0.39 is 0 Å². The molecule has 0 saturated heterocycles. The van der Waals surface area contributed by atoms with Gasteiger partial charge in [0.25, 0.3) is 0 Å². The lowest BCUT2D eigenvalue weighted by atomic mass is 9.96. The van der Waals surface area contributed by atoms with E-state index in [1.807, 2.05) is 22.7 Å². The Morgan fingerprint density at radius 1 is 0.523 bits per heavy atom. The molecule has 44 heavy (non-hydrogen) atoms. The Kier molecular flexibility index (Phi) is 6.03. The molecule has 0 amide bonds. The van der Waals surface area contributed by atoms with Crippen LogP contribution in [0, 0.1) is 0 Å². The van der Waals surface area contributed by atoms with E-state index in [1.165, 1.54) is 63.0 Å². The quantitative estimate of drug-likeness (QED) is 0.201.